The lowest BCUT2D eigenvalue weighted by molar-refractivity contribution is -0.173. The Labute approximate surface area is 250 Å². The largest absolute Gasteiger partial charge is 0.387 e. The van der Waals surface area contributed by atoms with E-state index in [0.29, 0.717) is 36.6 Å². The van der Waals surface area contributed by atoms with Crippen molar-refractivity contribution in [2.24, 2.45) is 17.3 Å². The lowest BCUT2D eigenvalue weighted by Gasteiger charge is -2.56. The molecule has 2 amide bonds. The van der Waals surface area contributed by atoms with Gasteiger partial charge in [-0.25, -0.2) is 0 Å². The van der Waals surface area contributed by atoms with Crippen molar-refractivity contribution < 1.29 is 14.7 Å². The molecule has 2 heterocycles. The van der Waals surface area contributed by atoms with Crippen LogP contribution in [0.5, 0.6) is 0 Å². The van der Waals surface area contributed by atoms with E-state index in [1.165, 1.54) is 43.1 Å². The van der Waals surface area contributed by atoms with Crippen molar-refractivity contribution in [2.75, 3.05) is 27.2 Å². The molecule has 7 nitrogen and oxygen atoms in total. The highest BCUT2D eigenvalue weighted by Gasteiger charge is 2.55. The molecule has 0 bridgehead atoms. The van der Waals surface area contributed by atoms with E-state index < -0.39 is 11.0 Å². The van der Waals surface area contributed by atoms with Crippen LogP contribution in [0.25, 0.3) is 11.1 Å². The van der Waals surface area contributed by atoms with E-state index in [1.54, 1.807) is 24.9 Å². The maximum Gasteiger partial charge on any atom is 0.255 e. The summed E-state index contributed by atoms with van der Waals surface area (Å²) in [5.41, 5.74) is 0.00519. The average molecular weight is 576 g/mol. The fraction of sp³-hybridized carbons (Fsp3) is 0.629. The highest BCUT2D eigenvalue weighted by molar-refractivity contribution is 6.00. The van der Waals surface area contributed by atoms with E-state index in [-0.39, 0.29) is 29.8 Å². The molecule has 7 heteroatoms. The van der Waals surface area contributed by atoms with Gasteiger partial charge in [0.25, 0.3) is 11.5 Å². The lowest BCUT2D eigenvalue weighted by Crippen LogP contribution is -2.64. The summed E-state index contributed by atoms with van der Waals surface area (Å²) in [4.78, 5) is 44.1. The van der Waals surface area contributed by atoms with Gasteiger partial charge in [0.05, 0.1) is 17.7 Å². The molecule has 1 aliphatic heterocycles. The number of likely N-dealkylation sites (tertiary alicyclic amines) is 1. The second-order valence-electron chi connectivity index (χ2n) is 13.7. The van der Waals surface area contributed by atoms with E-state index in [4.69, 9.17) is 0 Å². The standard InChI is InChI=1S/C35H49N3O4/c1-26(21-27-13-7-4-8-14-27)32(40)37-20-19-35(42,34(24-37)17-11-6-12-18-34)25-38-23-30(33(41)36(2)3)29(22-31(38)39)28-15-9-5-10-16-28/h5,9-10,15-16,22-23,26-27,42H,4,6-8,11-14,17-21,24-25H2,1-3H3. The molecule has 2 saturated carbocycles. The number of carbonyl (C=O) groups is 2. The predicted octanol–water partition coefficient (Wildman–Crippen LogP) is 5.74. The van der Waals surface area contributed by atoms with Crippen LogP contribution in [0, 0.1) is 17.3 Å². The zero-order chi connectivity index (χ0) is 29.9. The zero-order valence-electron chi connectivity index (χ0n) is 25.8. The second-order valence-corrected chi connectivity index (χ2v) is 13.7. The number of hydrogen-bond donors (Lipinski definition) is 1. The minimum atomic E-state index is -1.15. The van der Waals surface area contributed by atoms with E-state index in [9.17, 15) is 19.5 Å². The molecule has 2 aromatic rings. The molecular weight excluding hydrogens is 526 g/mol. The van der Waals surface area contributed by atoms with Crippen molar-refractivity contribution in [2.45, 2.75) is 96.1 Å². The number of pyridine rings is 1. The van der Waals surface area contributed by atoms with Gasteiger partial charge in [-0.05, 0) is 37.2 Å². The third kappa shape index (κ3) is 6.22. The number of carbonyl (C=O) groups excluding carboxylic acids is 2. The molecule has 1 saturated heterocycles. The topological polar surface area (TPSA) is 82.8 Å². The molecule has 2 aliphatic carbocycles. The lowest BCUT2D eigenvalue weighted by atomic mass is 9.59. The average Bonchev–Trinajstić information content (AvgIpc) is 3.00. The van der Waals surface area contributed by atoms with E-state index in [2.05, 4.69) is 6.92 Å². The van der Waals surface area contributed by atoms with Crippen LogP contribution in [0.4, 0.5) is 0 Å². The number of rotatable bonds is 7. The van der Waals surface area contributed by atoms with Crippen molar-refractivity contribution in [1.82, 2.24) is 14.4 Å². The minimum absolute atomic E-state index is 0.00677. The molecule has 2 atom stereocenters. The summed E-state index contributed by atoms with van der Waals surface area (Å²) in [5, 5.41) is 12.5. The van der Waals surface area contributed by atoms with Gasteiger partial charge in [0.1, 0.15) is 0 Å². The van der Waals surface area contributed by atoms with Gasteiger partial charge in [0.2, 0.25) is 5.91 Å². The first-order valence-corrected chi connectivity index (χ1v) is 16.2. The SMILES string of the molecule is CC(CC1CCCCC1)C(=O)N1CCC(O)(Cn2cc(C(=O)N(C)C)c(-c3ccccc3)cc2=O)C2(CCCCC2)C1. The molecule has 1 N–H and O–H groups in total. The van der Waals surface area contributed by atoms with Gasteiger partial charge in [-0.15, -0.1) is 0 Å². The van der Waals surface area contributed by atoms with Gasteiger partial charge in [-0.1, -0.05) is 88.6 Å². The van der Waals surface area contributed by atoms with Gasteiger partial charge in [-0.3, -0.25) is 14.4 Å². The summed E-state index contributed by atoms with van der Waals surface area (Å²) in [6.07, 6.45) is 14.2. The molecule has 42 heavy (non-hydrogen) atoms. The van der Waals surface area contributed by atoms with Crippen molar-refractivity contribution in [3.05, 3.63) is 58.5 Å². The molecule has 1 aromatic carbocycles. The Hall–Kier alpha value is -2.93. The summed E-state index contributed by atoms with van der Waals surface area (Å²) in [5.74, 6) is 0.672. The van der Waals surface area contributed by atoms with Crippen molar-refractivity contribution in [1.29, 1.82) is 0 Å². The number of nitrogens with zero attached hydrogens (tertiary/aromatic N) is 3. The number of amides is 2. The number of benzene rings is 1. The highest BCUT2D eigenvalue weighted by Crippen LogP contribution is 2.50. The van der Waals surface area contributed by atoms with Gasteiger partial charge in [0, 0.05) is 56.3 Å². The predicted molar refractivity (Wildman–Crippen MR) is 166 cm³/mol. The fourth-order valence-corrected chi connectivity index (χ4v) is 8.05. The monoisotopic (exact) mass is 575 g/mol. The first kappa shape index (κ1) is 30.5. The first-order chi connectivity index (χ1) is 20.1. The Bertz CT molecular complexity index is 1310. The van der Waals surface area contributed by atoms with Crippen molar-refractivity contribution in [3.8, 4) is 11.1 Å². The van der Waals surface area contributed by atoms with Crippen LogP contribution in [-0.4, -0.2) is 64.1 Å². The van der Waals surface area contributed by atoms with Crippen LogP contribution in [0.15, 0.2) is 47.4 Å². The number of hydrogen-bond acceptors (Lipinski definition) is 4. The summed E-state index contributed by atoms with van der Waals surface area (Å²) in [7, 11) is 3.41. The summed E-state index contributed by atoms with van der Waals surface area (Å²) in [6.45, 7) is 3.24. The Morgan fingerprint density at radius 1 is 1.00 bits per heavy atom. The van der Waals surface area contributed by atoms with Gasteiger partial charge in [-0.2, -0.15) is 0 Å². The van der Waals surface area contributed by atoms with Crippen LogP contribution in [0.2, 0.25) is 0 Å². The molecule has 3 fully saturated rings. The van der Waals surface area contributed by atoms with Gasteiger partial charge in [0.15, 0.2) is 0 Å². The fourth-order valence-electron chi connectivity index (χ4n) is 8.05. The van der Waals surface area contributed by atoms with Crippen LogP contribution in [-0.2, 0) is 11.3 Å². The normalized spacial score (nSPS) is 23.5. The second kappa shape index (κ2) is 12.7. The Morgan fingerprint density at radius 3 is 2.33 bits per heavy atom. The Balaban J connectivity index is 1.42. The Morgan fingerprint density at radius 2 is 1.67 bits per heavy atom. The van der Waals surface area contributed by atoms with Crippen LogP contribution >= 0.6 is 0 Å². The molecule has 3 aliphatic rings. The van der Waals surface area contributed by atoms with Gasteiger partial charge >= 0.3 is 0 Å². The number of piperidine rings is 1. The maximum atomic E-state index is 13.7. The minimum Gasteiger partial charge on any atom is -0.387 e. The summed E-state index contributed by atoms with van der Waals surface area (Å²) < 4.78 is 1.54. The summed E-state index contributed by atoms with van der Waals surface area (Å²) >= 11 is 0. The van der Waals surface area contributed by atoms with Crippen LogP contribution in [0.3, 0.4) is 0 Å². The zero-order valence-corrected chi connectivity index (χ0v) is 25.8. The van der Waals surface area contributed by atoms with Crippen LogP contribution in [0.1, 0.15) is 94.3 Å². The third-order valence-corrected chi connectivity index (χ3v) is 10.5. The van der Waals surface area contributed by atoms with Crippen LogP contribution < -0.4 is 5.56 Å². The third-order valence-electron chi connectivity index (χ3n) is 10.5. The van der Waals surface area contributed by atoms with Crippen molar-refractivity contribution in [3.63, 3.8) is 0 Å². The first-order valence-electron chi connectivity index (χ1n) is 16.2. The van der Waals surface area contributed by atoms with Gasteiger partial charge < -0.3 is 19.5 Å². The number of aromatic nitrogens is 1. The Kier molecular flexibility index (Phi) is 9.26. The molecule has 5 rings (SSSR count). The van der Waals surface area contributed by atoms with E-state index in [0.717, 1.165) is 44.1 Å². The van der Waals surface area contributed by atoms with Crippen molar-refractivity contribution >= 4 is 11.8 Å². The molecule has 0 radical (unpaired) electrons. The van der Waals surface area contributed by atoms with E-state index >= 15 is 0 Å². The summed E-state index contributed by atoms with van der Waals surface area (Å²) in [6, 6.07) is 11.0. The molecule has 2 unspecified atom stereocenters. The van der Waals surface area contributed by atoms with E-state index in [1.807, 2.05) is 35.2 Å². The maximum absolute atomic E-state index is 13.7. The molecule has 228 valence electrons. The molecular formula is C35H49N3O4. The number of aliphatic hydroxyl groups is 1. The highest BCUT2D eigenvalue weighted by atomic mass is 16.3. The smallest absolute Gasteiger partial charge is 0.255 e. The quantitative estimate of drug-likeness (QED) is 0.457. The molecule has 1 aromatic heterocycles. The molecule has 1 spiro atoms.